The van der Waals surface area contributed by atoms with Gasteiger partial charge in [-0.05, 0) is 43.4 Å². The average Bonchev–Trinajstić information content (AvgIpc) is 2.98. The number of carbonyl (C=O) groups excluding carboxylic acids is 1. The van der Waals surface area contributed by atoms with Crippen molar-refractivity contribution < 1.29 is 4.79 Å². The Morgan fingerprint density at radius 1 is 1.16 bits per heavy atom. The van der Waals surface area contributed by atoms with Gasteiger partial charge in [0.25, 0.3) is 0 Å². The van der Waals surface area contributed by atoms with Crippen molar-refractivity contribution in [3.05, 3.63) is 47.0 Å². The van der Waals surface area contributed by atoms with Crippen molar-refractivity contribution in [1.82, 2.24) is 24.8 Å². The van der Waals surface area contributed by atoms with Crippen LogP contribution in [0.3, 0.4) is 0 Å². The number of nitrogens with one attached hydrogen (secondary N) is 1. The standard InChI is InChI=1S/C23H27ClN6O/c24-18-8-4-6-16(12-18)13-25-23(31)17-7-5-10-29(14-17)21-20-22(27-15-26-21)30-11-3-1-2-9-19(30)28-20/h4,6,8,12,15,17H,1-3,5,7,9-11,13-14H2,(H,25,31)/t17-/m1/s1. The summed E-state index contributed by atoms with van der Waals surface area (Å²) in [5.41, 5.74) is 2.80. The lowest BCUT2D eigenvalue weighted by Gasteiger charge is -2.32. The molecule has 2 aromatic heterocycles. The molecule has 1 fully saturated rings. The summed E-state index contributed by atoms with van der Waals surface area (Å²) in [4.78, 5) is 29.1. The molecule has 1 saturated heterocycles. The number of fused-ring (bicyclic) bond motifs is 3. The zero-order valence-electron chi connectivity index (χ0n) is 17.6. The highest BCUT2D eigenvalue weighted by Crippen LogP contribution is 2.29. The molecule has 0 spiro atoms. The van der Waals surface area contributed by atoms with Crippen molar-refractivity contribution >= 4 is 34.5 Å². The van der Waals surface area contributed by atoms with Crippen LogP contribution in [0.1, 0.15) is 43.5 Å². The molecule has 0 bridgehead atoms. The molecule has 5 rings (SSSR count). The van der Waals surface area contributed by atoms with Crippen LogP contribution in [-0.4, -0.2) is 38.5 Å². The number of anilines is 1. The third-order valence-corrected chi connectivity index (χ3v) is 6.56. The number of halogens is 1. The molecule has 0 aliphatic carbocycles. The van der Waals surface area contributed by atoms with Crippen LogP contribution in [0.15, 0.2) is 30.6 Å². The first-order valence-corrected chi connectivity index (χ1v) is 11.5. The number of aromatic nitrogens is 4. The minimum Gasteiger partial charge on any atom is -0.354 e. The lowest BCUT2D eigenvalue weighted by Crippen LogP contribution is -2.43. The second kappa shape index (κ2) is 8.83. The van der Waals surface area contributed by atoms with E-state index in [1.54, 1.807) is 6.33 Å². The Morgan fingerprint density at radius 3 is 3.00 bits per heavy atom. The Hall–Kier alpha value is -2.67. The molecule has 0 radical (unpaired) electrons. The van der Waals surface area contributed by atoms with Crippen LogP contribution in [0.5, 0.6) is 0 Å². The molecule has 7 nitrogen and oxygen atoms in total. The van der Waals surface area contributed by atoms with E-state index in [0.29, 0.717) is 18.1 Å². The second-order valence-electron chi connectivity index (χ2n) is 8.49. The first kappa shape index (κ1) is 20.2. The van der Waals surface area contributed by atoms with Crippen molar-refractivity contribution in [3.63, 3.8) is 0 Å². The second-order valence-corrected chi connectivity index (χ2v) is 8.93. The van der Waals surface area contributed by atoms with Gasteiger partial charge in [0.1, 0.15) is 12.2 Å². The van der Waals surface area contributed by atoms with E-state index in [2.05, 4.69) is 24.8 Å². The largest absolute Gasteiger partial charge is 0.354 e. The summed E-state index contributed by atoms with van der Waals surface area (Å²) in [5.74, 6) is 1.98. The number of amides is 1. The number of piperidine rings is 1. The van der Waals surface area contributed by atoms with Crippen molar-refractivity contribution in [2.75, 3.05) is 18.0 Å². The van der Waals surface area contributed by atoms with Gasteiger partial charge in [0, 0.05) is 37.6 Å². The lowest BCUT2D eigenvalue weighted by molar-refractivity contribution is -0.125. The number of nitrogens with zero attached hydrogens (tertiary/aromatic N) is 5. The SMILES string of the molecule is O=C(NCc1cccc(Cl)c1)[C@@H]1CCCN(c2ncnc3c2nc2n3CCCCC2)C1. The third-order valence-electron chi connectivity index (χ3n) is 6.32. The predicted octanol–water partition coefficient (Wildman–Crippen LogP) is 3.74. The van der Waals surface area contributed by atoms with Crippen molar-refractivity contribution in [2.24, 2.45) is 5.92 Å². The van der Waals surface area contributed by atoms with E-state index in [4.69, 9.17) is 16.6 Å². The highest BCUT2D eigenvalue weighted by Gasteiger charge is 2.29. The fourth-order valence-electron chi connectivity index (χ4n) is 4.72. The van der Waals surface area contributed by atoms with E-state index in [9.17, 15) is 4.79 Å². The molecule has 0 unspecified atom stereocenters. The van der Waals surface area contributed by atoms with E-state index in [1.807, 2.05) is 24.3 Å². The summed E-state index contributed by atoms with van der Waals surface area (Å²) >= 11 is 6.05. The van der Waals surface area contributed by atoms with Gasteiger partial charge in [0.2, 0.25) is 5.91 Å². The molecule has 162 valence electrons. The molecule has 3 aromatic rings. The summed E-state index contributed by atoms with van der Waals surface area (Å²) in [6.07, 6.45) is 8.03. The van der Waals surface area contributed by atoms with E-state index < -0.39 is 0 Å². The van der Waals surface area contributed by atoms with Crippen LogP contribution in [-0.2, 0) is 24.3 Å². The highest BCUT2D eigenvalue weighted by atomic mass is 35.5. The number of aryl methyl sites for hydroxylation is 2. The quantitative estimate of drug-likeness (QED) is 0.671. The summed E-state index contributed by atoms with van der Waals surface area (Å²) in [6.45, 7) is 2.99. The van der Waals surface area contributed by atoms with Crippen LogP contribution in [0.25, 0.3) is 11.2 Å². The number of rotatable bonds is 4. The van der Waals surface area contributed by atoms with Crippen LogP contribution in [0.4, 0.5) is 5.82 Å². The van der Waals surface area contributed by atoms with Crippen LogP contribution >= 0.6 is 11.6 Å². The maximum atomic E-state index is 12.9. The lowest BCUT2D eigenvalue weighted by atomic mass is 9.97. The predicted molar refractivity (Wildman–Crippen MR) is 121 cm³/mol. The topological polar surface area (TPSA) is 75.9 Å². The third kappa shape index (κ3) is 4.24. The molecule has 4 heterocycles. The molecule has 8 heteroatoms. The minimum atomic E-state index is -0.0709. The maximum absolute atomic E-state index is 12.9. The van der Waals surface area contributed by atoms with Gasteiger partial charge >= 0.3 is 0 Å². The fourth-order valence-corrected chi connectivity index (χ4v) is 4.93. The number of imidazole rings is 1. The first-order valence-electron chi connectivity index (χ1n) is 11.2. The van der Waals surface area contributed by atoms with Gasteiger partial charge in [-0.1, -0.05) is 30.2 Å². The summed E-state index contributed by atoms with van der Waals surface area (Å²) in [5, 5.41) is 3.76. The van der Waals surface area contributed by atoms with Gasteiger partial charge in [-0.25, -0.2) is 15.0 Å². The maximum Gasteiger partial charge on any atom is 0.225 e. The summed E-state index contributed by atoms with van der Waals surface area (Å²) < 4.78 is 2.26. The van der Waals surface area contributed by atoms with Crippen molar-refractivity contribution in [2.45, 2.75) is 51.6 Å². The number of carbonyl (C=O) groups is 1. The molecule has 1 amide bonds. The van der Waals surface area contributed by atoms with Gasteiger partial charge in [0.15, 0.2) is 17.0 Å². The number of hydrogen-bond donors (Lipinski definition) is 1. The van der Waals surface area contributed by atoms with E-state index >= 15 is 0 Å². The van der Waals surface area contributed by atoms with Gasteiger partial charge < -0.3 is 14.8 Å². The van der Waals surface area contributed by atoms with Crippen molar-refractivity contribution in [3.8, 4) is 0 Å². The van der Waals surface area contributed by atoms with Gasteiger partial charge in [0.05, 0.1) is 5.92 Å². The molecule has 1 atom stereocenters. The zero-order valence-corrected chi connectivity index (χ0v) is 18.3. The van der Waals surface area contributed by atoms with E-state index in [0.717, 1.165) is 67.1 Å². The first-order chi connectivity index (χ1) is 15.2. The highest BCUT2D eigenvalue weighted by molar-refractivity contribution is 6.30. The van der Waals surface area contributed by atoms with Crippen LogP contribution in [0, 0.1) is 5.92 Å². The molecule has 2 aliphatic heterocycles. The Bertz CT molecular complexity index is 1100. The molecular weight excluding hydrogens is 412 g/mol. The summed E-state index contributed by atoms with van der Waals surface area (Å²) in [6, 6.07) is 7.60. The zero-order chi connectivity index (χ0) is 21.2. The van der Waals surface area contributed by atoms with Crippen LogP contribution < -0.4 is 10.2 Å². The Morgan fingerprint density at radius 2 is 2.10 bits per heavy atom. The molecule has 1 aromatic carbocycles. The van der Waals surface area contributed by atoms with E-state index in [-0.39, 0.29) is 11.8 Å². The minimum absolute atomic E-state index is 0.0709. The van der Waals surface area contributed by atoms with Gasteiger partial charge in [-0.15, -0.1) is 0 Å². The summed E-state index contributed by atoms with van der Waals surface area (Å²) in [7, 11) is 0. The molecular formula is C23H27ClN6O. The van der Waals surface area contributed by atoms with Crippen molar-refractivity contribution in [1.29, 1.82) is 0 Å². The fraction of sp³-hybridized carbons (Fsp3) is 0.478. The van der Waals surface area contributed by atoms with Gasteiger partial charge in [-0.3, -0.25) is 4.79 Å². The van der Waals surface area contributed by atoms with Gasteiger partial charge in [-0.2, -0.15) is 0 Å². The Labute approximate surface area is 186 Å². The normalized spacial score (nSPS) is 19.1. The Balaban J connectivity index is 1.32. The average molecular weight is 439 g/mol. The van der Waals surface area contributed by atoms with Crippen LogP contribution in [0.2, 0.25) is 5.02 Å². The van der Waals surface area contributed by atoms with E-state index in [1.165, 1.54) is 12.8 Å². The molecule has 0 saturated carbocycles. The molecule has 1 N–H and O–H groups in total. The molecule has 2 aliphatic rings. The monoisotopic (exact) mass is 438 g/mol. The Kier molecular flexibility index (Phi) is 5.76. The number of benzene rings is 1. The number of hydrogen-bond acceptors (Lipinski definition) is 5. The smallest absolute Gasteiger partial charge is 0.225 e. The molecule has 31 heavy (non-hydrogen) atoms.